The summed E-state index contributed by atoms with van der Waals surface area (Å²) in [6.07, 6.45) is 5.70. The maximum absolute atomic E-state index is 10.7. The molecular weight excluding hydrogens is 288 g/mol. The van der Waals surface area contributed by atoms with Crippen LogP contribution < -0.4 is 0 Å². The molecule has 0 aliphatic heterocycles. The van der Waals surface area contributed by atoms with Crippen LogP contribution >= 0.6 is 0 Å². The molecule has 3 heteroatoms. The van der Waals surface area contributed by atoms with Gasteiger partial charge in [0.25, 0.3) is 6.47 Å². The molecule has 0 aromatic heterocycles. The molecule has 0 unspecified atom stereocenters. The molecule has 3 nitrogen and oxygen atoms in total. The van der Waals surface area contributed by atoms with Crippen molar-refractivity contribution in [3.63, 3.8) is 0 Å². The number of benzene rings is 1. The predicted octanol–water partition coefficient (Wildman–Crippen LogP) is 4.59. The Labute approximate surface area is 138 Å². The van der Waals surface area contributed by atoms with Crippen LogP contribution in [0.5, 0.6) is 5.75 Å². The quantitative estimate of drug-likeness (QED) is 0.591. The van der Waals surface area contributed by atoms with Crippen molar-refractivity contribution in [1.29, 1.82) is 0 Å². The summed E-state index contributed by atoms with van der Waals surface area (Å²) in [5.41, 5.74) is 2.33. The third-order valence-electron chi connectivity index (χ3n) is 5.11. The number of allylic oxidation sites excluding steroid dienone is 2. The first-order valence-electron chi connectivity index (χ1n) is 8.12. The summed E-state index contributed by atoms with van der Waals surface area (Å²) in [7, 11) is 0. The number of aromatic hydroxyl groups is 1. The maximum atomic E-state index is 10.7. The normalized spacial score (nSPS) is 27.2. The summed E-state index contributed by atoms with van der Waals surface area (Å²) in [6, 6.07) is 7.44. The number of phenols is 1. The first-order chi connectivity index (χ1) is 11.0. The van der Waals surface area contributed by atoms with Crippen molar-refractivity contribution in [3.05, 3.63) is 54.6 Å². The van der Waals surface area contributed by atoms with Gasteiger partial charge in [0.15, 0.2) is 0 Å². The van der Waals surface area contributed by atoms with Gasteiger partial charge in [0, 0.05) is 5.41 Å². The van der Waals surface area contributed by atoms with Gasteiger partial charge < -0.3 is 9.84 Å². The molecule has 2 rings (SSSR count). The number of carbonyl (C=O) groups is 1. The number of phenolic OH excluding ortho intramolecular Hbond substituents is 1. The van der Waals surface area contributed by atoms with E-state index < -0.39 is 0 Å². The van der Waals surface area contributed by atoms with E-state index >= 15 is 0 Å². The van der Waals surface area contributed by atoms with Gasteiger partial charge in [-0.2, -0.15) is 0 Å². The van der Waals surface area contributed by atoms with E-state index in [-0.39, 0.29) is 11.2 Å². The molecule has 0 amide bonds. The van der Waals surface area contributed by atoms with Crippen LogP contribution in [0.2, 0.25) is 0 Å². The molecule has 1 fully saturated rings. The van der Waals surface area contributed by atoms with E-state index in [4.69, 9.17) is 4.74 Å². The van der Waals surface area contributed by atoms with Gasteiger partial charge in [-0.25, -0.2) is 0 Å². The van der Waals surface area contributed by atoms with Crippen molar-refractivity contribution < 1.29 is 14.6 Å². The zero-order chi connectivity index (χ0) is 16.9. The Morgan fingerprint density at radius 3 is 2.70 bits per heavy atom. The molecule has 1 saturated carbocycles. The van der Waals surface area contributed by atoms with E-state index in [1.54, 1.807) is 12.1 Å². The average molecular weight is 314 g/mol. The summed E-state index contributed by atoms with van der Waals surface area (Å²) >= 11 is 0. The maximum Gasteiger partial charge on any atom is 0.293 e. The molecule has 124 valence electrons. The smallest absolute Gasteiger partial charge is 0.293 e. The molecule has 1 aromatic carbocycles. The topological polar surface area (TPSA) is 46.5 Å². The summed E-state index contributed by atoms with van der Waals surface area (Å²) in [5.74, 6) is 1.00. The second-order valence-electron chi connectivity index (χ2n) is 6.79. The third kappa shape index (κ3) is 4.04. The molecule has 3 atom stereocenters. The molecular formula is C20H26O3. The van der Waals surface area contributed by atoms with E-state index in [0.29, 0.717) is 24.9 Å². The number of rotatable bonds is 7. The van der Waals surface area contributed by atoms with E-state index in [0.717, 1.165) is 25.7 Å². The molecule has 23 heavy (non-hydrogen) atoms. The summed E-state index contributed by atoms with van der Waals surface area (Å²) in [4.78, 5) is 10.7. The number of hydrogen-bond acceptors (Lipinski definition) is 3. The lowest BCUT2D eigenvalue weighted by Crippen LogP contribution is -2.36. The molecule has 1 N–H and O–H groups in total. The zero-order valence-corrected chi connectivity index (χ0v) is 13.8. The molecule has 0 heterocycles. The Balaban J connectivity index is 2.31. The minimum Gasteiger partial charge on any atom is -0.508 e. The zero-order valence-electron chi connectivity index (χ0n) is 13.8. The fourth-order valence-electron chi connectivity index (χ4n) is 3.93. The van der Waals surface area contributed by atoms with Crippen LogP contribution in [0.4, 0.5) is 0 Å². The number of carbonyl (C=O) groups excluding carboxylic acids is 1. The van der Waals surface area contributed by atoms with Crippen LogP contribution in [0, 0.1) is 11.3 Å². The highest BCUT2D eigenvalue weighted by Crippen LogP contribution is 2.51. The van der Waals surface area contributed by atoms with Crippen LogP contribution in [0.15, 0.2) is 49.1 Å². The van der Waals surface area contributed by atoms with Crippen molar-refractivity contribution >= 4 is 6.47 Å². The lowest BCUT2D eigenvalue weighted by molar-refractivity contribution is -0.133. The van der Waals surface area contributed by atoms with Gasteiger partial charge in [0.1, 0.15) is 5.75 Å². The summed E-state index contributed by atoms with van der Waals surface area (Å²) in [6.45, 7) is 11.1. The third-order valence-corrected chi connectivity index (χ3v) is 5.11. The van der Waals surface area contributed by atoms with Crippen molar-refractivity contribution in [2.75, 3.05) is 6.61 Å². The van der Waals surface area contributed by atoms with E-state index in [1.807, 2.05) is 18.2 Å². The van der Waals surface area contributed by atoms with Gasteiger partial charge in [0.05, 0.1) is 6.61 Å². The van der Waals surface area contributed by atoms with Crippen molar-refractivity contribution in [2.45, 2.75) is 38.5 Å². The van der Waals surface area contributed by atoms with Gasteiger partial charge in [-0.3, -0.25) is 4.79 Å². The predicted molar refractivity (Wildman–Crippen MR) is 92.3 cm³/mol. The van der Waals surface area contributed by atoms with Gasteiger partial charge in [-0.05, 0) is 62.1 Å². The molecule has 0 bridgehead atoms. The van der Waals surface area contributed by atoms with E-state index in [1.165, 1.54) is 11.1 Å². The Morgan fingerprint density at radius 2 is 2.13 bits per heavy atom. The van der Waals surface area contributed by atoms with Crippen molar-refractivity contribution in [1.82, 2.24) is 0 Å². The van der Waals surface area contributed by atoms with Gasteiger partial charge >= 0.3 is 0 Å². The standard InChI is InChI=1S/C20H26O3/c1-4-10-20(13-23-14-21)11-9-18(15(2)3)19(12-20)16-5-7-17(22)8-6-16/h4-8,14,18-19,22H,1-2,9-13H2,3H3/t18-,19-,20-/m0/s1. The Morgan fingerprint density at radius 1 is 1.43 bits per heavy atom. The highest BCUT2D eigenvalue weighted by atomic mass is 16.5. The van der Waals surface area contributed by atoms with Crippen LogP contribution in [-0.4, -0.2) is 18.2 Å². The van der Waals surface area contributed by atoms with Gasteiger partial charge in [0.2, 0.25) is 0 Å². The van der Waals surface area contributed by atoms with Gasteiger partial charge in [-0.1, -0.05) is 30.4 Å². The van der Waals surface area contributed by atoms with Crippen molar-refractivity contribution in [2.24, 2.45) is 11.3 Å². The molecule has 0 spiro atoms. The Kier molecular flexibility index (Phi) is 5.64. The summed E-state index contributed by atoms with van der Waals surface area (Å²) < 4.78 is 5.14. The fraction of sp³-hybridized carbons (Fsp3) is 0.450. The highest BCUT2D eigenvalue weighted by molar-refractivity contribution is 5.37. The SMILES string of the molecule is C=CC[C@]1(COC=O)CC[C@@H](C(=C)C)[C@H](c2ccc(O)cc2)C1. The minimum atomic E-state index is -0.0584. The average Bonchev–Trinajstić information content (AvgIpc) is 2.54. The number of hydrogen-bond donors (Lipinski definition) is 1. The molecule has 1 aliphatic rings. The number of ether oxygens (including phenoxy) is 1. The Hall–Kier alpha value is -2.03. The first-order valence-corrected chi connectivity index (χ1v) is 8.12. The molecule has 1 aliphatic carbocycles. The monoisotopic (exact) mass is 314 g/mol. The summed E-state index contributed by atoms with van der Waals surface area (Å²) in [5, 5.41) is 9.54. The largest absolute Gasteiger partial charge is 0.508 e. The Bertz CT molecular complexity index is 561. The fourth-order valence-corrected chi connectivity index (χ4v) is 3.93. The molecule has 1 aromatic rings. The van der Waals surface area contributed by atoms with Crippen LogP contribution in [0.25, 0.3) is 0 Å². The highest BCUT2D eigenvalue weighted by Gasteiger charge is 2.41. The first kappa shape index (κ1) is 17.3. The van der Waals surface area contributed by atoms with E-state index in [9.17, 15) is 9.90 Å². The lowest BCUT2D eigenvalue weighted by Gasteiger charge is -2.44. The van der Waals surface area contributed by atoms with Crippen LogP contribution in [0.1, 0.15) is 44.1 Å². The van der Waals surface area contributed by atoms with Gasteiger partial charge in [-0.15, -0.1) is 6.58 Å². The minimum absolute atomic E-state index is 0.0584. The molecule has 0 radical (unpaired) electrons. The lowest BCUT2D eigenvalue weighted by atomic mass is 9.61. The second-order valence-corrected chi connectivity index (χ2v) is 6.79. The van der Waals surface area contributed by atoms with Crippen LogP contribution in [0.3, 0.4) is 0 Å². The molecule has 0 saturated heterocycles. The van der Waals surface area contributed by atoms with Crippen LogP contribution in [-0.2, 0) is 9.53 Å². The van der Waals surface area contributed by atoms with E-state index in [2.05, 4.69) is 20.1 Å². The second kappa shape index (κ2) is 7.49. The van der Waals surface area contributed by atoms with Crippen molar-refractivity contribution in [3.8, 4) is 5.75 Å².